The van der Waals surface area contributed by atoms with E-state index in [4.69, 9.17) is 16.3 Å². The number of hydrogen-bond acceptors (Lipinski definition) is 4. The normalized spacial score (nSPS) is 25.1. The minimum atomic E-state index is -1.23. The van der Waals surface area contributed by atoms with Gasteiger partial charge in [-0.15, -0.1) is 0 Å². The van der Waals surface area contributed by atoms with Gasteiger partial charge in [-0.1, -0.05) is 0 Å². The molecule has 2 heterocycles. The summed E-state index contributed by atoms with van der Waals surface area (Å²) in [5, 5.41) is 11.4. The molecule has 0 fully saturated rings. The number of hydrogen-bond donors (Lipinski definition) is 2. The largest absolute Gasteiger partial charge is 0.392 e. The van der Waals surface area contributed by atoms with Crippen LogP contribution in [0, 0.1) is 18.2 Å². The average Bonchev–Trinajstić information content (AvgIpc) is 2.79. The van der Waals surface area contributed by atoms with E-state index in [1.54, 1.807) is 13.0 Å². The van der Waals surface area contributed by atoms with Gasteiger partial charge in [-0.05, 0) is 36.6 Å². The van der Waals surface area contributed by atoms with Crippen molar-refractivity contribution in [1.29, 1.82) is 0 Å². The van der Waals surface area contributed by atoms with Crippen molar-refractivity contribution in [1.82, 2.24) is 9.55 Å². The summed E-state index contributed by atoms with van der Waals surface area (Å²) in [5.74, 6) is 2.52. The van der Waals surface area contributed by atoms with Crippen LogP contribution >= 0.6 is 11.6 Å². The van der Waals surface area contributed by atoms with Gasteiger partial charge in [-0.2, -0.15) is 0 Å². The van der Waals surface area contributed by atoms with Crippen LogP contribution in [0.1, 0.15) is 11.8 Å². The highest BCUT2D eigenvalue weighted by Gasteiger charge is 2.34. The summed E-state index contributed by atoms with van der Waals surface area (Å²) in [6, 6.07) is 0. The lowest BCUT2D eigenvalue weighted by molar-refractivity contribution is -0.0503. The van der Waals surface area contributed by atoms with Crippen molar-refractivity contribution in [2.45, 2.75) is 18.8 Å². The van der Waals surface area contributed by atoms with Crippen LogP contribution in [0.25, 0.3) is 0 Å². The number of aromatic nitrogens is 2. The number of aliphatic hydroxyl groups is 1. The third-order valence-electron chi connectivity index (χ3n) is 2.77. The van der Waals surface area contributed by atoms with Crippen LogP contribution in [0.3, 0.4) is 0 Å². The second-order valence-electron chi connectivity index (χ2n) is 4.11. The fourth-order valence-corrected chi connectivity index (χ4v) is 1.90. The Balaban J connectivity index is 2.39. The van der Waals surface area contributed by atoms with Crippen molar-refractivity contribution in [3.05, 3.63) is 44.8 Å². The fourth-order valence-electron chi connectivity index (χ4n) is 1.74. The van der Waals surface area contributed by atoms with E-state index in [1.807, 2.05) is 0 Å². The standard InChI is InChI=1S/C12H11ClN2O4/c1-8-6-15(11(18)14-10(8)17)9-2-3-12(7-16,19-9)4-5-13/h2-3,6,9,16H,7H2,1H3,(H,14,17,18)/t9-,12-/m1/s1. The van der Waals surface area contributed by atoms with Crippen LogP contribution in [0.15, 0.2) is 27.9 Å². The van der Waals surface area contributed by atoms with Crippen LogP contribution in [0.4, 0.5) is 0 Å². The molecule has 1 aromatic heterocycles. The summed E-state index contributed by atoms with van der Waals surface area (Å²) in [6.45, 7) is 1.18. The maximum Gasteiger partial charge on any atom is 0.330 e. The molecule has 19 heavy (non-hydrogen) atoms. The zero-order valence-corrected chi connectivity index (χ0v) is 10.8. The van der Waals surface area contributed by atoms with E-state index >= 15 is 0 Å². The van der Waals surface area contributed by atoms with E-state index in [1.165, 1.54) is 16.8 Å². The number of rotatable bonds is 2. The maximum atomic E-state index is 11.7. The highest BCUT2D eigenvalue weighted by atomic mass is 35.5. The van der Waals surface area contributed by atoms with E-state index in [0.717, 1.165) is 0 Å². The molecule has 0 saturated heterocycles. The van der Waals surface area contributed by atoms with Gasteiger partial charge in [0.15, 0.2) is 11.8 Å². The van der Waals surface area contributed by atoms with Gasteiger partial charge in [0, 0.05) is 17.1 Å². The Hall–Kier alpha value is -1.81. The summed E-state index contributed by atoms with van der Waals surface area (Å²) in [6.07, 6.45) is 3.72. The van der Waals surface area contributed by atoms with Gasteiger partial charge in [-0.3, -0.25) is 14.3 Å². The first-order chi connectivity index (χ1) is 9.01. The lowest BCUT2D eigenvalue weighted by Crippen LogP contribution is -2.36. The molecule has 0 radical (unpaired) electrons. The predicted octanol–water partition coefficient (Wildman–Crippen LogP) is -0.139. The van der Waals surface area contributed by atoms with Crippen LogP contribution < -0.4 is 11.2 Å². The minimum absolute atomic E-state index is 0.376. The lowest BCUT2D eigenvalue weighted by atomic mass is 10.1. The van der Waals surface area contributed by atoms with E-state index in [0.29, 0.717) is 5.56 Å². The zero-order valence-electron chi connectivity index (χ0n) is 10.0. The molecule has 0 saturated carbocycles. The molecular formula is C12H11ClN2O4. The van der Waals surface area contributed by atoms with Gasteiger partial charge in [0.05, 0.1) is 6.61 Å². The Bertz CT molecular complexity index is 694. The predicted molar refractivity (Wildman–Crippen MR) is 68.8 cm³/mol. The lowest BCUT2D eigenvalue weighted by Gasteiger charge is -2.21. The molecule has 2 atom stereocenters. The molecule has 0 aromatic carbocycles. The zero-order chi connectivity index (χ0) is 14.0. The first-order valence-corrected chi connectivity index (χ1v) is 5.82. The Morgan fingerprint density at radius 3 is 3.00 bits per heavy atom. The molecule has 2 rings (SSSR count). The summed E-state index contributed by atoms with van der Waals surface area (Å²) in [5.41, 5.74) is -1.90. The number of aliphatic hydroxyl groups excluding tert-OH is 1. The molecule has 0 bridgehead atoms. The van der Waals surface area contributed by atoms with E-state index in [2.05, 4.69) is 16.3 Å². The first kappa shape index (κ1) is 13.6. The number of halogens is 1. The molecule has 0 spiro atoms. The molecular weight excluding hydrogens is 272 g/mol. The third-order valence-corrected chi connectivity index (χ3v) is 2.87. The number of nitrogens with zero attached hydrogens (tertiary/aromatic N) is 1. The van der Waals surface area contributed by atoms with E-state index in [-0.39, 0.29) is 0 Å². The molecule has 0 aliphatic carbocycles. The molecule has 0 unspecified atom stereocenters. The second-order valence-corrected chi connectivity index (χ2v) is 4.30. The third kappa shape index (κ3) is 2.49. The highest BCUT2D eigenvalue weighted by molar-refractivity contribution is 6.30. The smallest absolute Gasteiger partial charge is 0.330 e. The van der Waals surface area contributed by atoms with Crippen molar-refractivity contribution >= 4 is 11.6 Å². The molecule has 100 valence electrons. The Labute approximate surface area is 113 Å². The SMILES string of the molecule is Cc1cn([C@H]2C=C[C@@](C#CCl)(CO)O2)c(=O)[nH]c1=O. The van der Waals surface area contributed by atoms with Crippen LogP contribution in [-0.2, 0) is 4.74 Å². The molecule has 7 heteroatoms. The molecule has 1 aliphatic heterocycles. The number of aryl methyl sites for hydroxylation is 1. The Morgan fingerprint density at radius 2 is 2.37 bits per heavy atom. The Kier molecular flexibility index (Phi) is 3.62. The maximum absolute atomic E-state index is 11.7. The first-order valence-electron chi connectivity index (χ1n) is 5.44. The second kappa shape index (κ2) is 5.05. The number of nitrogens with one attached hydrogen (secondary N) is 1. The van der Waals surface area contributed by atoms with Crippen LogP contribution in [0.2, 0.25) is 0 Å². The molecule has 2 N–H and O–H groups in total. The van der Waals surface area contributed by atoms with Crippen LogP contribution in [-0.4, -0.2) is 26.9 Å². The molecule has 1 aliphatic rings. The fraction of sp³-hybridized carbons (Fsp3) is 0.333. The van der Waals surface area contributed by atoms with Crippen molar-refractivity contribution in [3.63, 3.8) is 0 Å². The number of aromatic amines is 1. The van der Waals surface area contributed by atoms with Gasteiger partial charge < -0.3 is 9.84 Å². The minimum Gasteiger partial charge on any atom is -0.392 e. The van der Waals surface area contributed by atoms with Crippen molar-refractivity contribution in [3.8, 4) is 11.3 Å². The van der Waals surface area contributed by atoms with Crippen molar-refractivity contribution in [2.75, 3.05) is 6.61 Å². The van der Waals surface area contributed by atoms with Crippen molar-refractivity contribution < 1.29 is 9.84 Å². The summed E-state index contributed by atoms with van der Waals surface area (Å²) in [4.78, 5) is 25.2. The summed E-state index contributed by atoms with van der Waals surface area (Å²) in [7, 11) is 0. The summed E-state index contributed by atoms with van der Waals surface area (Å²) >= 11 is 5.32. The monoisotopic (exact) mass is 282 g/mol. The molecule has 1 aromatic rings. The number of ether oxygens (including phenoxy) is 1. The van der Waals surface area contributed by atoms with Crippen LogP contribution in [0.5, 0.6) is 0 Å². The topological polar surface area (TPSA) is 84.3 Å². The Morgan fingerprint density at radius 1 is 1.63 bits per heavy atom. The van der Waals surface area contributed by atoms with Gasteiger partial charge in [0.25, 0.3) is 5.56 Å². The van der Waals surface area contributed by atoms with E-state index < -0.39 is 29.7 Å². The van der Waals surface area contributed by atoms with Gasteiger partial charge >= 0.3 is 5.69 Å². The van der Waals surface area contributed by atoms with Gasteiger partial charge in [-0.25, -0.2) is 4.79 Å². The number of H-pyrrole nitrogens is 1. The summed E-state index contributed by atoms with van der Waals surface area (Å²) < 4.78 is 6.73. The van der Waals surface area contributed by atoms with Crippen molar-refractivity contribution in [2.24, 2.45) is 0 Å². The highest BCUT2D eigenvalue weighted by Crippen LogP contribution is 2.28. The van der Waals surface area contributed by atoms with Gasteiger partial charge in [0.1, 0.15) is 0 Å². The quantitative estimate of drug-likeness (QED) is 0.584. The van der Waals surface area contributed by atoms with Gasteiger partial charge in [0.2, 0.25) is 0 Å². The van der Waals surface area contributed by atoms with E-state index in [9.17, 15) is 14.7 Å². The molecule has 6 nitrogen and oxygen atoms in total. The average molecular weight is 283 g/mol. The molecule has 0 amide bonds.